The summed E-state index contributed by atoms with van der Waals surface area (Å²) in [5.74, 6) is -0.692. The number of piperidine rings is 3. The van der Waals surface area contributed by atoms with Crippen LogP contribution in [0.5, 0.6) is 0 Å². The van der Waals surface area contributed by atoms with E-state index in [0.717, 1.165) is 11.3 Å². The number of nitrogens with one attached hydrogen (secondary N) is 1. The molecule has 2 N–H and O–H groups in total. The molecular weight excluding hydrogens is 696 g/mol. The number of anilines is 1. The fourth-order valence-corrected chi connectivity index (χ4v) is 7.73. The maximum atomic E-state index is 13.9. The lowest BCUT2D eigenvalue weighted by Gasteiger charge is -2.41. The molecule has 1 atom stereocenters. The van der Waals surface area contributed by atoms with E-state index in [2.05, 4.69) is 10.2 Å². The first kappa shape index (κ1) is 37.7. The number of ether oxygens (including phenoxy) is 1. The predicted molar refractivity (Wildman–Crippen MR) is 177 cm³/mol. The van der Waals surface area contributed by atoms with E-state index in [-0.39, 0.29) is 56.5 Å². The molecule has 6 rings (SSSR count). The third-order valence-corrected chi connectivity index (χ3v) is 10.7. The number of carbonyl (C=O) groups is 3. The molecule has 0 aliphatic carbocycles. The summed E-state index contributed by atoms with van der Waals surface area (Å²) in [6, 6.07) is 8.34. The lowest BCUT2D eigenvalue weighted by Crippen LogP contribution is -2.53. The Hall–Kier alpha value is -4.05. The van der Waals surface area contributed by atoms with Gasteiger partial charge >= 0.3 is 24.5 Å². The monoisotopic (exact) mass is 739 g/mol. The Morgan fingerprint density at radius 3 is 1.98 bits per heavy atom. The van der Waals surface area contributed by atoms with Crippen LogP contribution in [-0.4, -0.2) is 113 Å². The van der Waals surface area contributed by atoms with Crippen LogP contribution in [-0.2, 0) is 34.7 Å². The molecule has 4 aliphatic rings. The number of likely N-dealkylation sites (tertiary alicyclic amines) is 3. The Morgan fingerprint density at radius 2 is 1.37 bits per heavy atom. The topological polar surface area (TPSA) is 106 Å². The number of urea groups is 1. The van der Waals surface area contributed by atoms with Crippen molar-refractivity contribution in [1.82, 2.24) is 19.6 Å². The van der Waals surface area contributed by atoms with Gasteiger partial charge in [0.05, 0.1) is 17.2 Å². The molecule has 3 fully saturated rings. The maximum absolute atomic E-state index is 13.9. The van der Waals surface area contributed by atoms with E-state index in [1.165, 1.54) is 9.80 Å². The number of benzene rings is 2. The van der Waals surface area contributed by atoms with E-state index >= 15 is 0 Å². The predicted octanol–water partition coefficient (Wildman–Crippen LogP) is 5.77. The molecule has 0 spiro atoms. The molecule has 284 valence electrons. The van der Waals surface area contributed by atoms with Crippen molar-refractivity contribution >= 4 is 23.7 Å². The number of aliphatic hydroxyl groups excluding tert-OH is 1. The third-order valence-electron chi connectivity index (χ3n) is 10.7. The summed E-state index contributed by atoms with van der Waals surface area (Å²) in [6.07, 6.45) is -9.90. The number of alkyl halides is 6. The maximum Gasteiger partial charge on any atom is 0.416 e. The average molecular weight is 740 g/mol. The van der Waals surface area contributed by atoms with Crippen LogP contribution >= 0.6 is 0 Å². The summed E-state index contributed by atoms with van der Waals surface area (Å²) in [5, 5.41) is 12.8. The fraction of sp³-hybridized carbons (Fsp3) is 0.583. The molecule has 4 amide bonds. The van der Waals surface area contributed by atoms with E-state index in [4.69, 9.17) is 4.74 Å². The number of carbonyl (C=O) groups excluding carboxylic acids is 3. The van der Waals surface area contributed by atoms with Crippen LogP contribution < -0.4 is 5.32 Å². The normalized spacial score (nSPS) is 21.0. The van der Waals surface area contributed by atoms with Crippen molar-refractivity contribution in [2.45, 2.75) is 88.0 Å². The number of para-hydroxylation sites is 1. The number of halogens is 6. The molecule has 52 heavy (non-hydrogen) atoms. The molecule has 4 aliphatic heterocycles. The van der Waals surface area contributed by atoms with Crippen LogP contribution in [0.15, 0.2) is 42.5 Å². The van der Waals surface area contributed by atoms with Crippen LogP contribution in [0.25, 0.3) is 0 Å². The standard InChI is InChI=1S/C36H43F6N5O5/c37-35(38,39)25-19-23(20-26(22-25)36(40,41)42)21-31(32(49)45-12-6-27(7-13-45)44-16-10-29(48)11-17-44)52-34(51)46-14-8-28(9-15-46)47-18-5-24-3-1-2-4-30(24)43-33(47)50/h1-4,19-20,22,27-29,31,48H,5-18,21H2,(H,43,50). The highest BCUT2D eigenvalue weighted by molar-refractivity contribution is 5.91. The molecule has 0 saturated carbocycles. The van der Waals surface area contributed by atoms with E-state index in [1.807, 2.05) is 24.3 Å². The second-order valence-corrected chi connectivity index (χ2v) is 14.1. The Labute approximate surface area is 297 Å². The second kappa shape index (κ2) is 15.5. The number of aliphatic hydroxyl groups is 1. The van der Waals surface area contributed by atoms with E-state index in [9.17, 15) is 45.8 Å². The zero-order valence-electron chi connectivity index (χ0n) is 28.6. The van der Waals surface area contributed by atoms with Gasteiger partial charge in [0.25, 0.3) is 5.91 Å². The highest BCUT2D eigenvalue weighted by Gasteiger charge is 2.40. The largest absolute Gasteiger partial charge is 0.436 e. The zero-order chi connectivity index (χ0) is 37.2. The van der Waals surface area contributed by atoms with Crippen LogP contribution in [0.1, 0.15) is 60.8 Å². The van der Waals surface area contributed by atoms with E-state index in [0.29, 0.717) is 76.7 Å². The number of amides is 4. The molecule has 10 nitrogen and oxygen atoms in total. The Bertz CT molecular complexity index is 1570. The van der Waals surface area contributed by atoms with Crippen molar-refractivity contribution in [2.24, 2.45) is 0 Å². The van der Waals surface area contributed by atoms with Crippen molar-refractivity contribution in [1.29, 1.82) is 0 Å². The van der Waals surface area contributed by atoms with E-state index < -0.39 is 53.6 Å². The highest BCUT2D eigenvalue weighted by atomic mass is 19.4. The molecular formula is C36H43F6N5O5. The molecule has 1 unspecified atom stereocenters. The molecule has 0 aromatic heterocycles. The Kier molecular flexibility index (Phi) is 11.2. The third kappa shape index (κ3) is 8.93. The van der Waals surface area contributed by atoms with Crippen LogP contribution in [0.2, 0.25) is 0 Å². The number of fused-ring (bicyclic) bond motifs is 1. The van der Waals surface area contributed by atoms with Gasteiger partial charge in [-0.2, -0.15) is 26.3 Å². The van der Waals surface area contributed by atoms with Gasteiger partial charge in [-0.3, -0.25) is 4.79 Å². The lowest BCUT2D eigenvalue weighted by molar-refractivity contribution is -0.143. The molecule has 16 heteroatoms. The van der Waals surface area contributed by atoms with Crippen LogP contribution in [0.4, 0.5) is 41.6 Å². The van der Waals surface area contributed by atoms with Gasteiger partial charge in [0.2, 0.25) is 0 Å². The van der Waals surface area contributed by atoms with Crippen LogP contribution in [0, 0.1) is 0 Å². The van der Waals surface area contributed by atoms with Gasteiger partial charge in [0.15, 0.2) is 6.10 Å². The molecule has 2 aromatic rings. The zero-order valence-corrected chi connectivity index (χ0v) is 28.6. The van der Waals surface area contributed by atoms with Crippen molar-refractivity contribution in [2.75, 3.05) is 51.1 Å². The summed E-state index contributed by atoms with van der Waals surface area (Å²) >= 11 is 0. The van der Waals surface area contributed by atoms with Gasteiger partial charge in [0, 0.05) is 70.0 Å². The first-order chi connectivity index (χ1) is 24.7. The SMILES string of the molecule is O=C(OC(Cc1cc(C(F)(F)F)cc(C(F)(F)F)c1)C(=O)N1CCC(N2CCC(O)CC2)CC1)N1CCC(N2CCc3ccccc3NC2=O)CC1. The van der Waals surface area contributed by atoms with E-state index in [1.54, 1.807) is 4.90 Å². The van der Waals surface area contributed by atoms with Gasteiger partial charge in [-0.1, -0.05) is 18.2 Å². The molecule has 0 bridgehead atoms. The Morgan fingerprint density at radius 1 is 0.788 bits per heavy atom. The summed E-state index contributed by atoms with van der Waals surface area (Å²) in [7, 11) is 0. The summed E-state index contributed by atoms with van der Waals surface area (Å²) in [4.78, 5) is 47.3. The van der Waals surface area contributed by atoms with Crippen molar-refractivity contribution in [3.8, 4) is 0 Å². The van der Waals surface area contributed by atoms with Crippen molar-refractivity contribution < 1.29 is 50.6 Å². The number of rotatable bonds is 6. The average Bonchev–Trinajstić information content (AvgIpc) is 3.28. The fourth-order valence-electron chi connectivity index (χ4n) is 7.73. The summed E-state index contributed by atoms with van der Waals surface area (Å²) < 4.78 is 87.8. The first-order valence-electron chi connectivity index (χ1n) is 17.8. The van der Waals surface area contributed by atoms with Gasteiger partial charge in [-0.15, -0.1) is 0 Å². The molecule has 4 heterocycles. The smallest absolute Gasteiger partial charge is 0.416 e. The lowest BCUT2D eigenvalue weighted by atomic mass is 9.97. The number of nitrogens with zero attached hydrogens (tertiary/aromatic N) is 4. The number of hydrogen-bond acceptors (Lipinski definition) is 6. The van der Waals surface area contributed by atoms with Crippen molar-refractivity contribution in [3.63, 3.8) is 0 Å². The summed E-state index contributed by atoms with van der Waals surface area (Å²) in [6.45, 7) is 2.76. The minimum Gasteiger partial charge on any atom is -0.436 e. The van der Waals surface area contributed by atoms with Gasteiger partial charge in [-0.25, -0.2) is 9.59 Å². The first-order valence-corrected chi connectivity index (χ1v) is 17.8. The number of hydrogen-bond donors (Lipinski definition) is 2. The molecule has 3 saturated heterocycles. The quantitative estimate of drug-likeness (QED) is 0.365. The van der Waals surface area contributed by atoms with Crippen molar-refractivity contribution in [3.05, 3.63) is 64.7 Å². The minimum absolute atomic E-state index is 0.0180. The van der Waals surface area contributed by atoms with Gasteiger partial charge < -0.3 is 34.8 Å². The minimum atomic E-state index is -5.09. The summed E-state index contributed by atoms with van der Waals surface area (Å²) in [5.41, 5.74) is -1.74. The Balaban J connectivity index is 1.14. The van der Waals surface area contributed by atoms with Crippen LogP contribution in [0.3, 0.4) is 0 Å². The van der Waals surface area contributed by atoms with Gasteiger partial charge in [-0.05, 0) is 80.3 Å². The second-order valence-electron chi connectivity index (χ2n) is 14.1. The molecule has 2 aromatic carbocycles. The highest BCUT2D eigenvalue weighted by Crippen LogP contribution is 2.37. The van der Waals surface area contributed by atoms with Gasteiger partial charge in [0.1, 0.15) is 0 Å². The molecule has 0 radical (unpaired) electrons.